The monoisotopic (exact) mass is 589 g/mol. The average Bonchev–Trinajstić information content (AvgIpc) is 3.16. The first-order chi connectivity index (χ1) is 19.4. The zero-order valence-electron chi connectivity index (χ0n) is 22.1. The molecule has 0 radical (unpaired) electrons. The number of rotatable bonds is 7. The van der Waals surface area contributed by atoms with Gasteiger partial charge in [0, 0.05) is 36.8 Å². The fourth-order valence-corrected chi connectivity index (χ4v) is 5.89. The average molecular weight is 590 g/mol. The van der Waals surface area contributed by atoms with E-state index in [4.69, 9.17) is 11.6 Å². The van der Waals surface area contributed by atoms with E-state index in [0.717, 1.165) is 13.1 Å². The molecule has 2 heterocycles. The maximum atomic E-state index is 14.1. The fourth-order valence-electron chi connectivity index (χ4n) is 5.73. The number of anilines is 1. The Labute approximate surface area is 239 Å². The second-order valence-electron chi connectivity index (χ2n) is 10.7. The SMILES string of the molecule is CC(F)(F)c1cccc(C2(O)C(=O)N(CC3CCC(NC(=O)c4cc(Cl)cnc4C(F)F)CC3)c3ccccc32)c1. The number of nitrogens with one attached hydrogen (secondary N) is 1. The van der Waals surface area contributed by atoms with Crippen LogP contribution in [-0.2, 0) is 16.3 Å². The first kappa shape index (κ1) is 29.0. The number of aliphatic hydroxyl groups is 1. The molecule has 1 aliphatic carbocycles. The highest BCUT2D eigenvalue weighted by molar-refractivity contribution is 6.30. The maximum Gasteiger partial charge on any atom is 0.281 e. The van der Waals surface area contributed by atoms with Crippen molar-refractivity contribution in [2.45, 2.75) is 56.6 Å². The predicted molar refractivity (Wildman–Crippen MR) is 145 cm³/mol. The summed E-state index contributed by atoms with van der Waals surface area (Å²) in [6.07, 6.45) is 0.500. The molecule has 5 rings (SSSR count). The van der Waals surface area contributed by atoms with Crippen LogP contribution in [0.15, 0.2) is 60.8 Å². The number of nitrogens with zero attached hydrogens (tertiary/aromatic N) is 2. The Morgan fingerprint density at radius 2 is 1.85 bits per heavy atom. The fraction of sp³-hybridized carbons (Fsp3) is 0.367. The van der Waals surface area contributed by atoms with Gasteiger partial charge in [-0.1, -0.05) is 48.0 Å². The summed E-state index contributed by atoms with van der Waals surface area (Å²) in [5.74, 6) is -4.41. The van der Waals surface area contributed by atoms with Crippen molar-refractivity contribution in [2.75, 3.05) is 11.4 Å². The van der Waals surface area contributed by atoms with Gasteiger partial charge in [0.15, 0.2) is 5.60 Å². The second kappa shape index (κ2) is 11.1. The Morgan fingerprint density at radius 3 is 2.54 bits per heavy atom. The number of pyridine rings is 1. The molecule has 2 amide bonds. The van der Waals surface area contributed by atoms with Gasteiger partial charge in [-0.3, -0.25) is 14.6 Å². The normalized spacial score (nSPS) is 22.6. The van der Waals surface area contributed by atoms with Crippen LogP contribution in [0.4, 0.5) is 23.2 Å². The van der Waals surface area contributed by atoms with Crippen LogP contribution in [0, 0.1) is 5.92 Å². The lowest BCUT2D eigenvalue weighted by atomic mass is 9.85. The van der Waals surface area contributed by atoms with Gasteiger partial charge in [-0.2, -0.15) is 0 Å². The van der Waals surface area contributed by atoms with E-state index in [-0.39, 0.29) is 40.2 Å². The highest BCUT2D eigenvalue weighted by Crippen LogP contribution is 2.46. The van der Waals surface area contributed by atoms with Crippen LogP contribution in [-0.4, -0.2) is 34.5 Å². The first-order valence-electron chi connectivity index (χ1n) is 13.3. The number of aromatic nitrogens is 1. The summed E-state index contributed by atoms with van der Waals surface area (Å²) in [5, 5.41) is 14.6. The summed E-state index contributed by atoms with van der Waals surface area (Å²) in [6, 6.07) is 13.0. The van der Waals surface area contributed by atoms with Gasteiger partial charge in [0.2, 0.25) is 0 Å². The number of carbonyl (C=O) groups excluding carboxylic acids is 2. The molecule has 1 atom stereocenters. The van der Waals surface area contributed by atoms with Gasteiger partial charge in [-0.25, -0.2) is 17.6 Å². The molecule has 1 aromatic heterocycles. The van der Waals surface area contributed by atoms with Crippen LogP contribution in [0.1, 0.15) is 71.8 Å². The van der Waals surface area contributed by atoms with Crippen molar-refractivity contribution in [3.63, 3.8) is 0 Å². The van der Waals surface area contributed by atoms with Gasteiger partial charge in [0.1, 0.15) is 5.69 Å². The third kappa shape index (κ3) is 5.55. The van der Waals surface area contributed by atoms with Crippen molar-refractivity contribution >= 4 is 29.1 Å². The topological polar surface area (TPSA) is 82.5 Å². The molecule has 6 nitrogen and oxygen atoms in total. The van der Waals surface area contributed by atoms with E-state index in [1.165, 1.54) is 35.2 Å². The summed E-state index contributed by atoms with van der Waals surface area (Å²) in [7, 11) is 0. The molecule has 0 saturated heterocycles. The highest BCUT2D eigenvalue weighted by Gasteiger charge is 2.51. The van der Waals surface area contributed by atoms with Crippen molar-refractivity contribution in [1.82, 2.24) is 10.3 Å². The first-order valence-corrected chi connectivity index (χ1v) is 13.6. The van der Waals surface area contributed by atoms with Crippen LogP contribution < -0.4 is 10.2 Å². The number of halogens is 5. The van der Waals surface area contributed by atoms with Crippen LogP contribution in [0.5, 0.6) is 0 Å². The van der Waals surface area contributed by atoms with Gasteiger partial charge in [-0.15, -0.1) is 0 Å². The highest BCUT2D eigenvalue weighted by atomic mass is 35.5. The minimum Gasteiger partial charge on any atom is -0.372 e. The molecule has 2 aliphatic rings. The van der Waals surface area contributed by atoms with E-state index in [1.807, 2.05) is 0 Å². The predicted octanol–water partition coefficient (Wildman–Crippen LogP) is 6.36. The molecule has 0 spiro atoms. The molecule has 3 aromatic rings. The Hall–Kier alpha value is -3.50. The lowest BCUT2D eigenvalue weighted by Crippen LogP contribution is -2.44. The van der Waals surface area contributed by atoms with Crippen molar-refractivity contribution in [3.05, 3.63) is 93.8 Å². The number of amides is 2. The molecular weight excluding hydrogens is 562 g/mol. The zero-order valence-corrected chi connectivity index (χ0v) is 22.8. The molecule has 216 valence electrons. The van der Waals surface area contributed by atoms with E-state index >= 15 is 0 Å². The lowest BCUT2D eigenvalue weighted by molar-refractivity contribution is -0.132. The smallest absolute Gasteiger partial charge is 0.281 e. The lowest BCUT2D eigenvalue weighted by Gasteiger charge is -2.32. The van der Waals surface area contributed by atoms with E-state index < -0.39 is 35.5 Å². The largest absolute Gasteiger partial charge is 0.372 e. The molecule has 0 bridgehead atoms. The number of hydrogen-bond donors (Lipinski definition) is 2. The number of fused-ring (bicyclic) bond motifs is 1. The molecule has 1 saturated carbocycles. The van der Waals surface area contributed by atoms with E-state index in [2.05, 4.69) is 10.3 Å². The minimum atomic E-state index is -3.15. The summed E-state index contributed by atoms with van der Waals surface area (Å²) < 4.78 is 54.8. The summed E-state index contributed by atoms with van der Waals surface area (Å²) >= 11 is 5.87. The van der Waals surface area contributed by atoms with E-state index in [9.17, 15) is 32.3 Å². The molecule has 2 N–H and O–H groups in total. The number of carbonyl (C=O) groups is 2. The third-order valence-electron chi connectivity index (χ3n) is 7.89. The van der Waals surface area contributed by atoms with Gasteiger partial charge in [-0.05, 0) is 55.4 Å². The van der Waals surface area contributed by atoms with Gasteiger partial charge >= 0.3 is 0 Å². The van der Waals surface area contributed by atoms with Crippen molar-refractivity contribution in [2.24, 2.45) is 5.92 Å². The molecule has 41 heavy (non-hydrogen) atoms. The van der Waals surface area contributed by atoms with Crippen LogP contribution in [0.2, 0.25) is 5.02 Å². The van der Waals surface area contributed by atoms with Crippen molar-refractivity contribution in [3.8, 4) is 0 Å². The summed E-state index contributed by atoms with van der Waals surface area (Å²) in [6.45, 7) is 1.05. The minimum absolute atomic E-state index is 0.0262. The maximum absolute atomic E-state index is 14.1. The summed E-state index contributed by atoms with van der Waals surface area (Å²) in [5.41, 5.74) is -2.41. The number of benzene rings is 2. The van der Waals surface area contributed by atoms with Crippen molar-refractivity contribution in [1.29, 1.82) is 0 Å². The number of para-hydroxylation sites is 1. The molecular formula is C30H28ClF4N3O3. The Balaban J connectivity index is 1.29. The molecule has 1 fully saturated rings. The van der Waals surface area contributed by atoms with E-state index in [0.29, 0.717) is 36.9 Å². The molecule has 11 heteroatoms. The Bertz CT molecular complexity index is 1470. The third-order valence-corrected chi connectivity index (χ3v) is 8.09. The van der Waals surface area contributed by atoms with Gasteiger partial charge in [0.25, 0.3) is 24.2 Å². The molecule has 1 unspecified atom stereocenters. The number of hydrogen-bond acceptors (Lipinski definition) is 4. The van der Waals surface area contributed by atoms with Crippen LogP contribution in [0.25, 0.3) is 0 Å². The molecule has 2 aromatic carbocycles. The number of alkyl halides is 4. The quantitative estimate of drug-likeness (QED) is 0.314. The standard InChI is InChI=1S/C30H28ClF4N3O3/c1-29(34,35)18-5-4-6-19(13-18)30(41)23-7-2-3-8-24(23)38(28(30)40)16-17-9-11-21(12-10-17)37-27(39)22-14-20(31)15-36-25(22)26(32)33/h2-8,13-15,17,21,26,41H,9-12,16H2,1H3,(H,37,39). The Kier molecular flexibility index (Phi) is 7.82. The zero-order chi connectivity index (χ0) is 29.5. The van der Waals surface area contributed by atoms with Crippen LogP contribution in [0.3, 0.4) is 0 Å². The summed E-state index contributed by atoms with van der Waals surface area (Å²) in [4.78, 5) is 31.6. The van der Waals surface area contributed by atoms with Crippen molar-refractivity contribution < 1.29 is 32.3 Å². The Morgan fingerprint density at radius 1 is 1.15 bits per heavy atom. The van der Waals surface area contributed by atoms with Crippen LogP contribution >= 0.6 is 11.6 Å². The molecule has 1 aliphatic heterocycles. The van der Waals surface area contributed by atoms with E-state index in [1.54, 1.807) is 24.3 Å². The second-order valence-corrected chi connectivity index (χ2v) is 11.1. The van der Waals surface area contributed by atoms with Gasteiger partial charge < -0.3 is 15.3 Å². The van der Waals surface area contributed by atoms with Gasteiger partial charge in [0.05, 0.1) is 16.3 Å².